The first-order chi connectivity index (χ1) is 7.81. The van der Waals surface area contributed by atoms with Crippen LogP contribution in [-0.2, 0) is 9.47 Å². The van der Waals surface area contributed by atoms with Gasteiger partial charge in [0, 0.05) is 13.2 Å². The van der Waals surface area contributed by atoms with E-state index in [4.69, 9.17) is 19.7 Å². The SMILES string of the molecule is OCCCC(O)NCCOCCOCCO. The molecule has 0 rings (SSSR count). The van der Waals surface area contributed by atoms with E-state index in [0.717, 1.165) is 0 Å². The zero-order chi connectivity index (χ0) is 12.1. The van der Waals surface area contributed by atoms with Gasteiger partial charge in [0.2, 0.25) is 0 Å². The molecule has 0 saturated carbocycles. The molecule has 0 fully saturated rings. The van der Waals surface area contributed by atoms with Gasteiger partial charge in [-0.05, 0) is 12.8 Å². The predicted octanol–water partition coefficient (Wildman–Crippen LogP) is -1.31. The average Bonchev–Trinajstić information content (AvgIpc) is 2.30. The van der Waals surface area contributed by atoms with Crippen LogP contribution in [0.2, 0.25) is 0 Å². The molecule has 1 unspecified atom stereocenters. The van der Waals surface area contributed by atoms with Gasteiger partial charge in [0.25, 0.3) is 0 Å². The van der Waals surface area contributed by atoms with Crippen molar-refractivity contribution in [2.24, 2.45) is 0 Å². The molecule has 16 heavy (non-hydrogen) atoms. The molecule has 0 aliphatic heterocycles. The second kappa shape index (κ2) is 12.8. The van der Waals surface area contributed by atoms with Crippen molar-refractivity contribution in [1.29, 1.82) is 0 Å². The van der Waals surface area contributed by atoms with Gasteiger partial charge in [0.1, 0.15) is 6.23 Å². The fourth-order valence-electron chi connectivity index (χ4n) is 1.07. The van der Waals surface area contributed by atoms with Crippen LogP contribution in [0.25, 0.3) is 0 Å². The van der Waals surface area contributed by atoms with Gasteiger partial charge in [-0.25, -0.2) is 0 Å². The molecule has 0 radical (unpaired) electrons. The average molecular weight is 237 g/mol. The summed E-state index contributed by atoms with van der Waals surface area (Å²) in [6.45, 7) is 2.46. The van der Waals surface area contributed by atoms with Crippen LogP contribution in [0.4, 0.5) is 0 Å². The Bertz CT molecular complexity index is 136. The minimum absolute atomic E-state index is 0.0264. The highest BCUT2D eigenvalue weighted by Crippen LogP contribution is 1.91. The second-order valence-corrected chi connectivity index (χ2v) is 3.28. The first-order valence-corrected chi connectivity index (χ1v) is 5.60. The minimum Gasteiger partial charge on any atom is -0.396 e. The van der Waals surface area contributed by atoms with E-state index in [9.17, 15) is 5.11 Å². The molecule has 0 spiro atoms. The smallest absolute Gasteiger partial charge is 0.105 e. The van der Waals surface area contributed by atoms with E-state index < -0.39 is 6.23 Å². The summed E-state index contributed by atoms with van der Waals surface area (Å²) in [7, 11) is 0. The van der Waals surface area contributed by atoms with Gasteiger partial charge in [0.15, 0.2) is 0 Å². The van der Waals surface area contributed by atoms with Crippen LogP contribution in [-0.4, -0.2) is 67.7 Å². The summed E-state index contributed by atoms with van der Waals surface area (Å²) in [5.41, 5.74) is 0. The lowest BCUT2D eigenvalue weighted by atomic mass is 10.3. The maximum atomic E-state index is 9.32. The highest BCUT2D eigenvalue weighted by Gasteiger charge is 2.00. The molecule has 0 bridgehead atoms. The first kappa shape index (κ1) is 15.8. The number of ether oxygens (including phenoxy) is 2. The predicted molar refractivity (Wildman–Crippen MR) is 59.1 cm³/mol. The zero-order valence-corrected chi connectivity index (χ0v) is 9.60. The van der Waals surface area contributed by atoms with E-state index in [1.807, 2.05) is 0 Å². The zero-order valence-electron chi connectivity index (χ0n) is 9.60. The number of aliphatic hydroxyl groups is 3. The lowest BCUT2D eigenvalue weighted by Crippen LogP contribution is -2.32. The third-order valence-electron chi connectivity index (χ3n) is 1.87. The molecule has 0 saturated heterocycles. The van der Waals surface area contributed by atoms with Crippen LogP contribution >= 0.6 is 0 Å². The van der Waals surface area contributed by atoms with Crippen LogP contribution in [0.1, 0.15) is 12.8 Å². The Morgan fingerprint density at radius 3 is 2.25 bits per heavy atom. The summed E-state index contributed by atoms with van der Waals surface area (Å²) in [5, 5.41) is 29.1. The number of hydrogen-bond donors (Lipinski definition) is 4. The molecule has 6 heteroatoms. The summed E-state index contributed by atoms with van der Waals surface area (Å²) in [6, 6.07) is 0. The molecule has 6 nitrogen and oxygen atoms in total. The molecular weight excluding hydrogens is 214 g/mol. The van der Waals surface area contributed by atoms with E-state index in [2.05, 4.69) is 5.32 Å². The largest absolute Gasteiger partial charge is 0.396 e. The Kier molecular flexibility index (Phi) is 12.6. The maximum Gasteiger partial charge on any atom is 0.105 e. The summed E-state index contributed by atoms with van der Waals surface area (Å²) < 4.78 is 10.2. The quantitative estimate of drug-likeness (QED) is 0.249. The van der Waals surface area contributed by atoms with Gasteiger partial charge in [-0.15, -0.1) is 0 Å². The van der Waals surface area contributed by atoms with Crippen molar-refractivity contribution >= 4 is 0 Å². The summed E-state index contributed by atoms with van der Waals surface area (Å²) in [4.78, 5) is 0. The molecule has 0 aromatic rings. The third kappa shape index (κ3) is 11.8. The van der Waals surface area contributed by atoms with Crippen molar-refractivity contribution in [3.63, 3.8) is 0 Å². The van der Waals surface area contributed by atoms with E-state index >= 15 is 0 Å². The van der Waals surface area contributed by atoms with Gasteiger partial charge in [-0.2, -0.15) is 0 Å². The Hall–Kier alpha value is -0.240. The van der Waals surface area contributed by atoms with Crippen LogP contribution in [0, 0.1) is 0 Å². The molecule has 0 aromatic heterocycles. The van der Waals surface area contributed by atoms with Crippen LogP contribution in [0.15, 0.2) is 0 Å². The fraction of sp³-hybridized carbons (Fsp3) is 1.00. The topological polar surface area (TPSA) is 91.2 Å². The van der Waals surface area contributed by atoms with Gasteiger partial charge >= 0.3 is 0 Å². The maximum absolute atomic E-state index is 9.32. The Morgan fingerprint density at radius 2 is 1.62 bits per heavy atom. The Morgan fingerprint density at radius 1 is 0.938 bits per heavy atom. The molecule has 0 aromatic carbocycles. The van der Waals surface area contributed by atoms with Crippen molar-refractivity contribution in [3.05, 3.63) is 0 Å². The Labute approximate surface area is 96.2 Å². The van der Waals surface area contributed by atoms with Gasteiger partial charge in [-0.3, -0.25) is 5.32 Å². The summed E-state index contributed by atoms with van der Waals surface area (Å²) >= 11 is 0. The van der Waals surface area contributed by atoms with Gasteiger partial charge < -0.3 is 24.8 Å². The molecule has 0 amide bonds. The van der Waals surface area contributed by atoms with E-state index in [1.165, 1.54) is 0 Å². The van der Waals surface area contributed by atoms with Crippen molar-refractivity contribution in [1.82, 2.24) is 5.32 Å². The van der Waals surface area contributed by atoms with E-state index in [0.29, 0.717) is 45.8 Å². The normalized spacial score (nSPS) is 12.9. The molecule has 0 heterocycles. The Balaban J connectivity index is 3.02. The van der Waals surface area contributed by atoms with Crippen molar-refractivity contribution < 1.29 is 24.8 Å². The number of rotatable bonds is 12. The molecule has 98 valence electrons. The summed E-state index contributed by atoms with van der Waals surface area (Å²) in [6.07, 6.45) is 0.543. The third-order valence-corrected chi connectivity index (χ3v) is 1.87. The van der Waals surface area contributed by atoms with Gasteiger partial charge in [-0.1, -0.05) is 0 Å². The minimum atomic E-state index is -0.582. The standard InChI is InChI=1S/C10H23NO5/c12-4-1-2-10(14)11-3-6-15-8-9-16-7-5-13/h10-14H,1-9H2. The van der Waals surface area contributed by atoms with E-state index in [-0.39, 0.29) is 13.2 Å². The number of aliphatic hydroxyl groups excluding tert-OH is 3. The van der Waals surface area contributed by atoms with Crippen molar-refractivity contribution in [2.45, 2.75) is 19.1 Å². The van der Waals surface area contributed by atoms with Gasteiger partial charge in [0.05, 0.1) is 33.0 Å². The number of nitrogens with one attached hydrogen (secondary N) is 1. The monoisotopic (exact) mass is 237 g/mol. The van der Waals surface area contributed by atoms with Crippen molar-refractivity contribution in [3.8, 4) is 0 Å². The highest BCUT2D eigenvalue weighted by atomic mass is 16.5. The summed E-state index contributed by atoms with van der Waals surface area (Å²) in [5.74, 6) is 0. The van der Waals surface area contributed by atoms with Crippen LogP contribution < -0.4 is 5.32 Å². The fourth-order valence-corrected chi connectivity index (χ4v) is 1.07. The van der Waals surface area contributed by atoms with Crippen LogP contribution in [0.5, 0.6) is 0 Å². The van der Waals surface area contributed by atoms with E-state index in [1.54, 1.807) is 0 Å². The lowest BCUT2D eigenvalue weighted by molar-refractivity contribution is 0.0293. The molecule has 4 N–H and O–H groups in total. The molecule has 0 aliphatic carbocycles. The molecule has 0 aliphatic rings. The number of hydrogen-bond acceptors (Lipinski definition) is 6. The molecular formula is C10H23NO5. The van der Waals surface area contributed by atoms with Crippen LogP contribution in [0.3, 0.4) is 0 Å². The molecule has 1 atom stereocenters. The first-order valence-electron chi connectivity index (χ1n) is 5.60. The lowest BCUT2D eigenvalue weighted by Gasteiger charge is -2.12. The van der Waals surface area contributed by atoms with Crippen molar-refractivity contribution in [2.75, 3.05) is 46.2 Å². The second-order valence-electron chi connectivity index (χ2n) is 3.28. The highest BCUT2D eigenvalue weighted by molar-refractivity contribution is 4.52.